The molecule has 1 aromatic rings. The van der Waals surface area contributed by atoms with Crippen LogP contribution in [-0.4, -0.2) is 48.2 Å². The molecule has 1 fully saturated rings. The molecule has 2 aliphatic rings. The van der Waals surface area contributed by atoms with E-state index < -0.39 is 0 Å². The van der Waals surface area contributed by atoms with Gasteiger partial charge in [-0.2, -0.15) is 0 Å². The molecule has 108 valence electrons. The number of carbonyl (C=O) groups is 1. The van der Waals surface area contributed by atoms with Crippen LogP contribution in [0.5, 0.6) is 0 Å². The molecule has 0 aromatic heterocycles. The number of amides is 1. The molecule has 0 bridgehead atoms. The van der Waals surface area contributed by atoms with E-state index in [1.807, 2.05) is 0 Å². The van der Waals surface area contributed by atoms with E-state index >= 15 is 0 Å². The van der Waals surface area contributed by atoms with Gasteiger partial charge in [0, 0.05) is 38.3 Å². The van der Waals surface area contributed by atoms with Crippen molar-refractivity contribution in [1.29, 1.82) is 0 Å². The zero-order valence-corrected chi connectivity index (χ0v) is 11.8. The lowest BCUT2D eigenvalue weighted by Crippen LogP contribution is -2.35. The van der Waals surface area contributed by atoms with Crippen LogP contribution < -0.4 is 4.90 Å². The molecule has 1 N–H and O–H groups in total. The summed E-state index contributed by atoms with van der Waals surface area (Å²) >= 11 is 0. The fourth-order valence-electron chi connectivity index (χ4n) is 3.20. The number of para-hydroxylation sites is 1. The van der Waals surface area contributed by atoms with Gasteiger partial charge in [-0.05, 0) is 30.9 Å². The number of carbonyl (C=O) groups excluding carboxylic acids is 1. The van der Waals surface area contributed by atoms with E-state index in [1.165, 1.54) is 11.3 Å². The Hall–Kier alpha value is -1.55. The van der Waals surface area contributed by atoms with E-state index in [4.69, 9.17) is 0 Å². The Kier molecular flexibility index (Phi) is 3.92. The molecule has 2 heterocycles. The van der Waals surface area contributed by atoms with Crippen molar-refractivity contribution in [1.82, 2.24) is 4.90 Å². The third-order valence-electron chi connectivity index (χ3n) is 4.32. The predicted octanol–water partition coefficient (Wildman–Crippen LogP) is 1.42. The van der Waals surface area contributed by atoms with E-state index in [-0.39, 0.29) is 12.0 Å². The van der Waals surface area contributed by atoms with E-state index in [9.17, 15) is 9.90 Å². The van der Waals surface area contributed by atoms with Crippen LogP contribution in [0, 0.1) is 0 Å². The first-order valence-electron chi connectivity index (χ1n) is 7.53. The van der Waals surface area contributed by atoms with Gasteiger partial charge in [0.15, 0.2) is 0 Å². The van der Waals surface area contributed by atoms with Gasteiger partial charge >= 0.3 is 0 Å². The number of β-amino-alcohol motifs (C(OH)–C–C–N with tert-alkyl or cyclic N) is 1. The molecule has 20 heavy (non-hydrogen) atoms. The molecule has 4 heteroatoms. The standard InChI is InChI=1S/C16H22N2O2/c19-14-7-10-18(12-14)16(20)8-11-17-9-3-5-13-4-1-2-6-15(13)17/h1-2,4,6,14,19H,3,5,7-12H2. The Labute approximate surface area is 120 Å². The van der Waals surface area contributed by atoms with Crippen LogP contribution in [0.3, 0.4) is 0 Å². The first-order chi connectivity index (χ1) is 9.74. The number of aryl methyl sites for hydroxylation is 1. The number of aliphatic hydroxyl groups excluding tert-OH is 1. The third kappa shape index (κ3) is 2.80. The van der Waals surface area contributed by atoms with Crippen LogP contribution in [0.1, 0.15) is 24.8 Å². The minimum atomic E-state index is -0.324. The van der Waals surface area contributed by atoms with Crippen LogP contribution in [-0.2, 0) is 11.2 Å². The second-order valence-corrected chi connectivity index (χ2v) is 5.75. The minimum absolute atomic E-state index is 0.171. The average molecular weight is 274 g/mol. The van der Waals surface area contributed by atoms with Crippen molar-refractivity contribution < 1.29 is 9.90 Å². The number of hydrogen-bond acceptors (Lipinski definition) is 3. The van der Waals surface area contributed by atoms with Gasteiger partial charge in [-0.3, -0.25) is 4.79 Å². The second kappa shape index (κ2) is 5.83. The molecule has 1 aromatic carbocycles. The zero-order valence-electron chi connectivity index (χ0n) is 11.8. The lowest BCUT2D eigenvalue weighted by molar-refractivity contribution is -0.130. The van der Waals surface area contributed by atoms with Crippen LogP contribution in [0.15, 0.2) is 24.3 Å². The monoisotopic (exact) mass is 274 g/mol. The first-order valence-corrected chi connectivity index (χ1v) is 7.53. The molecular formula is C16H22N2O2. The molecule has 3 rings (SSSR count). The first kappa shape index (κ1) is 13.4. The van der Waals surface area contributed by atoms with Gasteiger partial charge in [0.05, 0.1) is 6.10 Å². The molecule has 1 atom stereocenters. The Balaban J connectivity index is 1.58. The molecular weight excluding hydrogens is 252 g/mol. The largest absolute Gasteiger partial charge is 0.391 e. The molecule has 1 saturated heterocycles. The molecule has 0 radical (unpaired) electrons. The van der Waals surface area contributed by atoms with Gasteiger partial charge in [0.2, 0.25) is 5.91 Å². The maximum atomic E-state index is 12.1. The van der Waals surface area contributed by atoms with Gasteiger partial charge < -0.3 is 14.9 Å². The van der Waals surface area contributed by atoms with E-state index in [0.717, 1.165) is 32.4 Å². The molecule has 0 spiro atoms. The van der Waals surface area contributed by atoms with E-state index in [2.05, 4.69) is 29.2 Å². The van der Waals surface area contributed by atoms with Crippen molar-refractivity contribution in [2.24, 2.45) is 0 Å². The highest BCUT2D eigenvalue weighted by Crippen LogP contribution is 2.26. The Morgan fingerprint density at radius 1 is 1.30 bits per heavy atom. The number of aliphatic hydroxyl groups is 1. The van der Waals surface area contributed by atoms with Crippen LogP contribution in [0.25, 0.3) is 0 Å². The summed E-state index contributed by atoms with van der Waals surface area (Å²) in [5.74, 6) is 0.171. The lowest BCUT2D eigenvalue weighted by Gasteiger charge is -2.31. The quantitative estimate of drug-likeness (QED) is 0.906. The summed E-state index contributed by atoms with van der Waals surface area (Å²) in [4.78, 5) is 16.2. The zero-order chi connectivity index (χ0) is 13.9. The highest BCUT2D eigenvalue weighted by atomic mass is 16.3. The summed E-state index contributed by atoms with van der Waals surface area (Å²) < 4.78 is 0. The molecule has 0 aliphatic carbocycles. The Morgan fingerprint density at radius 2 is 2.15 bits per heavy atom. The van der Waals surface area contributed by atoms with Crippen molar-refractivity contribution in [3.8, 4) is 0 Å². The number of hydrogen-bond donors (Lipinski definition) is 1. The highest BCUT2D eigenvalue weighted by molar-refractivity contribution is 5.77. The SMILES string of the molecule is O=C(CCN1CCCc2ccccc21)N1CCC(O)C1. The van der Waals surface area contributed by atoms with Gasteiger partial charge in [-0.15, -0.1) is 0 Å². The number of fused-ring (bicyclic) bond motifs is 1. The fourth-order valence-corrected chi connectivity index (χ4v) is 3.20. The second-order valence-electron chi connectivity index (χ2n) is 5.75. The van der Waals surface area contributed by atoms with E-state index in [0.29, 0.717) is 19.5 Å². The summed E-state index contributed by atoms with van der Waals surface area (Å²) in [6.45, 7) is 3.03. The van der Waals surface area contributed by atoms with Crippen molar-refractivity contribution in [3.63, 3.8) is 0 Å². The summed E-state index contributed by atoms with van der Waals surface area (Å²) in [5.41, 5.74) is 2.68. The van der Waals surface area contributed by atoms with Gasteiger partial charge in [-0.25, -0.2) is 0 Å². The van der Waals surface area contributed by atoms with Gasteiger partial charge in [0.25, 0.3) is 0 Å². The lowest BCUT2D eigenvalue weighted by atomic mass is 10.0. The summed E-state index contributed by atoms with van der Waals surface area (Å²) in [5, 5.41) is 9.49. The average Bonchev–Trinajstić information content (AvgIpc) is 2.91. The molecule has 1 unspecified atom stereocenters. The maximum absolute atomic E-state index is 12.1. The fraction of sp³-hybridized carbons (Fsp3) is 0.562. The smallest absolute Gasteiger partial charge is 0.224 e. The van der Waals surface area contributed by atoms with Crippen LogP contribution in [0.4, 0.5) is 5.69 Å². The number of likely N-dealkylation sites (tertiary alicyclic amines) is 1. The van der Waals surface area contributed by atoms with Crippen molar-refractivity contribution in [3.05, 3.63) is 29.8 Å². The third-order valence-corrected chi connectivity index (χ3v) is 4.32. The number of anilines is 1. The summed E-state index contributed by atoms with van der Waals surface area (Å²) in [7, 11) is 0. The predicted molar refractivity (Wildman–Crippen MR) is 78.8 cm³/mol. The molecule has 1 amide bonds. The molecule has 2 aliphatic heterocycles. The van der Waals surface area contributed by atoms with Crippen molar-refractivity contribution >= 4 is 11.6 Å². The van der Waals surface area contributed by atoms with Crippen LogP contribution in [0.2, 0.25) is 0 Å². The normalized spacial score (nSPS) is 21.9. The maximum Gasteiger partial charge on any atom is 0.224 e. The Bertz CT molecular complexity index is 489. The summed E-state index contributed by atoms with van der Waals surface area (Å²) in [6.07, 6.45) is 3.24. The minimum Gasteiger partial charge on any atom is -0.391 e. The molecule has 4 nitrogen and oxygen atoms in total. The molecule has 0 saturated carbocycles. The number of rotatable bonds is 3. The van der Waals surface area contributed by atoms with Gasteiger partial charge in [-0.1, -0.05) is 18.2 Å². The van der Waals surface area contributed by atoms with Crippen LogP contribution >= 0.6 is 0 Å². The van der Waals surface area contributed by atoms with Crippen molar-refractivity contribution in [2.75, 3.05) is 31.1 Å². The number of benzene rings is 1. The Morgan fingerprint density at radius 3 is 2.95 bits per heavy atom. The van der Waals surface area contributed by atoms with Crippen molar-refractivity contribution in [2.45, 2.75) is 31.8 Å². The van der Waals surface area contributed by atoms with Gasteiger partial charge in [0.1, 0.15) is 0 Å². The topological polar surface area (TPSA) is 43.8 Å². The van der Waals surface area contributed by atoms with E-state index in [1.54, 1.807) is 4.90 Å². The number of nitrogens with zero attached hydrogens (tertiary/aromatic N) is 2. The highest BCUT2D eigenvalue weighted by Gasteiger charge is 2.25. The summed E-state index contributed by atoms with van der Waals surface area (Å²) in [6, 6.07) is 8.48.